The average Bonchev–Trinajstić information content (AvgIpc) is 2.67. The molecule has 0 saturated carbocycles. The molecule has 78 valence electrons. The molecular weight excluding hydrogens is 204 g/mol. The number of thiophene rings is 1. The molecule has 2 rings (SSSR count). The van der Waals surface area contributed by atoms with Gasteiger partial charge in [0.15, 0.2) is 0 Å². The van der Waals surface area contributed by atoms with Gasteiger partial charge >= 0.3 is 0 Å². The van der Waals surface area contributed by atoms with Gasteiger partial charge in [0.25, 0.3) is 0 Å². The van der Waals surface area contributed by atoms with Gasteiger partial charge in [0.05, 0.1) is 16.6 Å². The minimum atomic E-state index is 0.955. The first-order valence-electron chi connectivity index (χ1n) is 4.95. The maximum Gasteiger partial charge on any atom is 0.0699 e. The van der Waals surface area contributed by atoms with Crippen LogP contribution in [0.2, 0.25) is 0 Å². The molecule has 15 heavy (non-hydrogen) atoms. The summed E-state index contributed by atoms with van der Waals surface area (Å²) in [5.41, 5.74) is 2.02. The molecule has 0 atom stereocenters. The highest BCUT2D eigenvalue weighted by Gasteiger charge is 2.05. The van der Waals surface area contributed by atoms with Crippen LogP contribution in [-0.2, 0) is 0 Å². The van der Waals surface area contributed by atoms with E-state index in [1.807, 2.05) is 27.7 Å². The lowest BCUT2D eigenvalue weighted by atomic mass is 10.2. The van der Waals surface area contributed by atoms with Crippen molar-refractivity contribution < 1.29 is 0 Å². The monoisotopic (exact) mass is 218 g/mol. The van der Waals surface area contributed by atoms with Crippen LogP contribution >= 0.6 is 11.3 Å². The summed E-state index contributed by atoms with van der Waals surface area (Å²) in [6.45, 7) is 7.80. The molecule has 0 N–H and O–H groups in total. The molecule has 0 bridgehead atoms. The summed E-state index contributed by atoms with van der Waals surface area (Å²) in [6, 6.07) is 0. The normalized spacial score (nSPS) is 8.80. The third-order valence-corrected chi connectivity index (χ3v) is 2.74. The fraction of sp³-hybridized carbons (Fsp3) is 0.333. The first-order valence-corrected chi connectivity index (χ1v) is 5.83. The maximum atomic E-state index is 4.01. The minimum absolute atomic E-state index is 0.955. The summed E-state index contributed by atoms with van der Waals surface area (Å²) >= 11 is 1.66. The molecule has 0 spiro atoms. The second-order valence-corrected chi connectivity index (χ2v) is 3.60. The van der Waals surface area contributed by atoms with E-state index in [1.165, 1.54) is 0 Å². The Labute approximate surface area is 94.4 Å². The fourth-order valence-electron chi connectivity index (χ4n) is 1.29. The molecule has 2 aromatic heterocycles. The van der Waals surface area contributed by atoms with Gasteiger partial charge in [-0.3, -0.25) is 0 Å². The summed E-state index contributed by atoms with van der Waals surface area (Å²) in [6.07, 6.45) is 1.79. The van der Waals surface area contributed by atoms with E-state index in [0.29, 0.717) is 0 Å². The number of rotatable bonds is 0. The van der Waals surface area contributed by atoms with Gasteiger partial charge in [-0.15, -0.1) is 17.3 Å². The third kappa shape index (κ3) is 2.34. The lowest BCUT2D eigenvalue weighted by Crippen LogP contribution is -1.85. The van der Waals surface area contributed by atoms with E-state index < -0.39 is 0 Å². The zero-order valence-corrected chi connectivity index (χ0v) is 10.3. The Morgan fingerprint density at radius 2 is 2.07 bits per heavy atom. The molecule has 3 heteroatoms. The lowest BCUT2D eigenvalue weighted by molar-refractivity contribution is 1.00. The van der Waals surface area contributed by atoms with E-state index in [1.54, 1.807) is 17.5 Å². The van der Waals surface area contributed by atoms with Gasteiger partial charge in [0, 0.05) is 16.3 Å². The average molecular weight is 218 g/mol. The van der Waals surface area contributed by atoms with Crippen LogP contribution in [0.1, 0.15) is 32.0 Å². The lowest BCUT2D eigenvalue weighted by Gasteiger charge is -1.92. The van der Waals surface area contributed by atoms with Gasteiger partial charge in [-0.05, 0) is 13.8 Å². The van der Waals surface area contributed by atoms with Crippen molar-refractivity contribution in [3.8, 4) is 11.8 Å². The molecule has 0 amide bonds. The number of aromatic nitrogens is 2. The molecule has 2 heterocycles. The fourth-order valence-corrected chi connectivity index (χ4v) is 2.19. The van der Waals surface area contributed by atoms with E-state index in [4.69, 9.17) is 0 Å². The Kier molecular flexibility index (Phi) is 4.26. The topological polar surface area (TPSA) is 25.8 Å². The predicted molar refractivity (Wildman–Crippen MR) is 66.1 cm³/mol. The van der Waals surface area contributed by atoms with Gasteiger partial charge in [0.1, 0.15) is 0 Å². The summed E-state index contributed by atoms with van der Waals surface area (Å²) < 4.78 is 1.16. The standard InChI is InChI=1S/C10H8N2S.C2H6/c1-3-4-8-6-13-9-5-11-12-7(2)10(8)9;1-2/h5-6H,1-2H3;1-2H3. The van der Waals surface area contributed by atoms with Gasteiger partial charge in [-0.25, -0.2) is 0 Å². The summed E-state index contributed by atoms with van der Waals surface area (Å²) in [5.74, 6) is 5.96. The second-order valence-electron chi connectivity index (χ2n) is 2.69. The van der Waals surface area contributed by atoms with Crippen molar-refractivity contribution in [3.63, 3.8) is 0 Å². The molecule has 0 fully saturated rings. The molecule has 0 saturated heterocycles. The number of nitrogens with zero attached hydrogens (tertiary/aromatic N) is 2. The largest absolute Gasteiger partial charge is 0.157 e. The van der Waals surface area contributed by atoms with E-state index in [-0.39, 0.29) is 0 Å². The van der Waals surface area contributed by atoms with Crippen molar-refractivity contribution >= 4 is 21.4 Å². The Morgan fingerprint density at radius 1 is 1.33 bits per heavy atom. The number of hydrogen-bond donors (Lipinski definition) is 0. The zero-order valence-electron chi connectivity index (χ0n) is 9.46. The van der Waals surface area contributed by atoms with Crippen molar-refractivity contribution in [1.82, 2.24) is 10.2 Å². The van der Waals surface area contributed by atoms with Crippen molar-refractivity contribution in [2.24, 2.45) is 0 Å². The number of fused-ring (bicyclic) bond motifs is 1. The van der Waals surface area contributed by atoms with Crippen LogP contribution in [0, 0.1) is 18.8 Å². The van der Waals surface area contributed by atoms with E-state index in [9.17, 15) is 0 Å². The van der Waals surface area contributed by atoms with Crippen LogP contribution in [0.15, 0.2) is 11.6 Å². The van der Waals surface area contributed by atoms with Crippen LogP contribution in [-0.4, -0.2) is 10.2 Å². The van der Waals surface area contributed by atoms with E-state index in [2.05, 4.69) is 27.4 Å². The molecule has 2 aromatic rings. The number of hydrogen-bond acceptors (Lipinski definition) is 3. The Morgan fingerprint density at radius 3 is 2.73 bits per heavy atom. The van der Waals surface area contributed by atoms with Gasteiger partial charge in [0.2, 0.25) is 0 Å². The SMILES string of the molecule is CC.CC#Cc1csc2cnnc(C)c12. The maximum absolute atomic E-state index is 4.01. The Balaban J connectivity index is 0.000000531. The van der Waals surface area contributed by atoms with E-state index in [0.717, 1.165) is 21.3 Å². The van der Waals surface area contributed by atoms with Crippen molar-refractivity contribution in [2.45, 2.75) is 27.7 Å². The molecule has 0 aliphatic rings. The van der Waals surface area contributed by atoms with Crippen LogP contribution in [0.5, 0.6) is 0 Å². The highest BCUT2D eigenvalue weighted by atomic mass is 32.1. The summed E-state index contributed by atoms with van der Waals surface area (Å²) in [7, 11) is 0. The summed E-state index contributed by atoms with van der Waals surface area (Å²) in [4.78, 5) is 0. The predicted octanol–water partition coefficient (Wildman–Crippen LogP) is 3.40. The zero-order chi connectivity index (χ0) is 11.3. The van der Waals surface area contributed by atoms with Crippen molar-refractivity contribution in [2.75, 3.05) is 0 Å². The Bertz CT molecular complexity index is 503. The first-order chi connectivity index (χ1) is 7.33. The smallest absolute Gasteiger partial charge is 0.0699 e. The van der Waals surface area contributed by atoms with Crippen LogP contribution in [0.4, 0.5) is 0 Å². The molecule has 0 aromatic carbocycles. The highest BCUT2D eigenvalue weighted by Crippen LogP contribution is 2.25. The summed E-state index contributed by atoms with van der Waals surface area (Å²) in [5, 5.41) is 11.1. The van der Waals surface area contributed by atoms with Crippen molar-refractivity contribution in [1.29, 1.82) is 0 Å². The van der Waals surface area contributed by atoms with Gasteiger partial charge < -0.3 is 0 Å². The molecule has 0 aliphatic heterocycles. The van der Waals surface area contributed by atoms with Crippen LogP contribution < -0.4 is 0 Å². The molecule has 0 radical (unpaired) electrons. The third-order valence-electron chi connectivity index (χ3n) is 1.82. The van der Waals surface area contributed by atoms with Crippen LogP contribution in [0.3, 0.4) is 0 Å². The van der Waals surface area contributed by atoms with Crippen molar-refractivity contribution in [3.05, 3.63) is 22.8 Å². The van der Waals surface area contributed by atoms with E-state index >= 15 is 0 Å². The van der Waals surface area contributed by atoms with Gasteiger partial charge in [-0.1, -0.05) is 19.8 Å². The van der Waals surface area contributed by atoms with Crippen LogP contribution in [0.25, 0.3) is 10.1 Å². The molecule has 0 aliphatic carbocycles. The second kappa shape index (κ2) is 5.47. The molecular formula is C12H14N2S. The first kappa shape index (κ1) is 11.7. The number of aryl methyl sites for hydroxylation is 1. The quantitative estimate of drug-likeness (QED) is 0.633. The van der Waals surface area contributed by atoms with Gasteiger partial charge in [-0.2, -0.15) is 10.2 Å². The minimum Gasteiger partial charge on any atom is -0.157 e. The molecule has 0 unspecified atom stereocenters. The molecule has 2 nitrogen and oxygen atoms in total. The highest BCUT2D eigenvalue weighted by molar-refractivity contribution is 7.17. The Hall–Kier alpha value is -1.40.